The van der Waals surface area contributed by atoms with E-state index in [0.29, 0.717) is 17.4 Å². The van der Waals surface area contributed by atoms with Crippen LogP contribution in [0.15, 0.2) is 59.8 Å². The number of benzene rings is 2. The maximum atomic E-state index is 12.7. The molecule has 0 radical (unpaired) electrons. The third-order valence-electron chi connectivity index (χ3n) is 3.68. The highest BCUT2D eigenvalue weighted by Crippen LogP contribution is 2.22. The summed E-state index contributed by atoms with van der Waals surface area (Å²) in [4.78, 5) is 14.3. The number of aromatic nitrogens is 4. The fraction of sp³-hybridized carbons (Fsp3) is 0.167. The fourth-order valence-corrected chi connectivity index (χ4v) is 3.16. The lowest BCUT2D eigenvalue weighted by Crippen LogP contribution is -2.33. The molecule has 0 aliphatic carbocycles. The first-order valence-corrected chi connectivity index (χ1v) is 9.10. The fourth-order valence-electron chi connectivity index (χ4n) is 2.40. The molecule has 2 aromatic carbocycles. The normalized spacial score (nSPS) is 10.3. The molecule has 0 spiro atoms. The van der Waals surface area contributed by atoms with Gasteiger partial charge in [-0.05, 0) is 46.8 Å². The molecule has 3 aromatic rings. The van der Waals surface area contributed by atoms with Crippen LogP contribution < -0.4 is 4.90 Å². The molecule has 9 heteroatoms. The second-order valence-corrected chi connectivity index (χ2v) is 6.41. The number of aromatic hydroxyl groups is 1. The van der Waals surface area contributed by atoms with Gasteiger partial charge in [0.15, 0.2) is 0 Å². The Hall–Kier alpha value is -3.38. The third-order valence-corrected chi connectivity index (χ3v) is 4.58. The van der Waals surface area contributed by atoms with E-state index in [4.69, 9.17) is 5.26 Å². The Kier molecular flexibility index (Phi) is 6.02. The highest BCUT2D eigenvalue weighted by molar-refractivity contribution is 7.99. The van der Waals surface area contributed by atoms with Crippen LogP contribution in [0.25, 0.3) is 5.69 Å². The monoisotopic (exact) mass is 380 g/mol. The van der Waals surface area contributed by atoms with Gasteiger partial charge >= 0.3 is 0 Å². The van der Waals surface area contributed by atoms with Gasteiger partial charge in [-0.1, -0.05) is 30.0 Å². The van der Waals surface area contributed by atoms with Gasteiger partial charge in [0.25, 0.3) is 0 Å². The van der Waals surface area contributed by atoms with Crippen molar-refractivity contribution in [2.24, 2.45) is 0 Å². The van der Waals surface area contributed by atoms with Gasteiger partial charge in [-0.3, -0.25) is 4.79 Å². The summed E-state index contributed by atoms with van der Waals surface area (Å²) < 4.78 is 1.50. The Balaban J connectivity index is 1.72. The Labute approximate surface area is 160 Å². The van der Waals surface area contributed by atoms with Crippen molar-refractivity contribution in [2.75, 3.05) is 17.2 Å². The van der Waals surface area contributed by atoms with Gasteiger partial charge < -0.3 is 10.0 Å². The molecule has 1 aromatic heterocycles. The molecule has 27 heavy (non-hydrogen) atoms. The van der Waals surface area contributed by atoms with Crippen LogP contribution in [0, 0.1) is 11.3 Å². The number of phenolic OH excluding ortho intramolecular Hbond substituents is 1. The minimum atomic E-state index is -0.137. The lowest BCUT2D eigenvalue weighted by molar-refractivity contribution is -0.116. The minimum absolute atomic E-state index is 0.124. The zero-order valence-electron chi connectivity index (χ0n) is 14.3. The molecule has 8 nitrogen and oxygen atoms in total. The molecule has 3 rings (SSSR count). The van der Waals surface area contributed by atoms with Crippen LogP contribution in [-0.2, 0) is 4.79 Å². The first kappa shape index (κ1) is 18.4. The second-order valence-electron chi connectivity index (χ2n) is 5.47. The summed E-state index contributed by atoms with van der Waals surface area (Å²) in [5.74, 6) is 0.132. The van der Waals surface area contributed by atoms with Gasteiger partial charge in [0.2, 0.25) is 11.1 Å². The van der Waals surface area contributed by atoms with Crippen molar-refractivity contribution in [1.82, 2.24) is 20.2 Å². The molecule has 1 heterocycles. The standard InChI is InChI=1S/C18H16N6O2S/c19-11-4-12-23(14-5-2-1-3-6-14)17(26)13-27-18-20-21-22-24(18)15-7-9-16(25)10-8-15/h1-3,5-10,25H,4,12-13H2. The van der Waals surface area contributed by atoms with Crippen LogP contribution >= 0.6 is 11.8 Å². The molecular formula is C18H16N6O2S. The maximum absolute atomic E-state index is 12.7. The van der Waals surface area contributed by atoms with Crippen LogP contribution in [0.3, 0.4) is 0 Å². The summed E-state index contributed by atoms with van der Waals surface area (Å²) in [6, 6.07) is 17.7. The number of phenols is 1. The zero-order chi connectivity index (χ0) is 19.1. The summed E-state index contributed by atoms with van der Waals surface area (Å²) in [6.45, 7) is 0.322. The number of rotatable bonds is 7. The van der Waals surface area contributed by atoms with E-state index in [1.807, 2.05) is 30.3 Å². The lowest BCUT2D eigenvalue weighted by Gasteiger charge is -2.21. The number of nitriles is 1. The number of tetrazole rings is 1. The highest BCUT2D eigenvalue weighted by atomic mass is 32.2. The van der Waals surface area contributed by atoms with Gasteiger partial charge in [-0.15, -0.1) is 5.10 Å². The van der Waals surface area contributed by atoms with Crippen molar-refractivity contribution >= 4 is 23.4 Å². The molecule has 0 aliphatic heterocycles. The molecule has 0 aliphatic rings. The van der Waals surface area contributed by atoms with E-state index in [9.17, 15) is 9.90 Å². The van der Waals surface area contributed by atoms with Crippen LogP contribution in [0.5, 0.6) is 5.75 Å². The number of hydrogen-bond donors (Lipinski definition) is 1. The number of para-hydroxylation sites is 1. The van der Waals surface area contributed by atoms with E-state index in [1.54, 1.807) is 17.0 Å². The van der Waals surface area contributed by atoms with Crippen LogP contribution in [-0.4, -0.2) is 43.5 Å². The number of anilines is 1. The Morgan fingerprint density at radius 2 is 1.93 bits per heavy atom. The molecule has 0 fully saturated rings. The molecule has 1 amide bonds. The third kappa shape index (κ3) is 4.62. The summed E-state index contributed by atoms with van der Waals surface area (Å²) in [5, 5.41) is 30.3. The van der Waals surface area contributed by atoms with E-state index >= 15 is 0 Å². The summed E-state index contributed by atoms with van der Waals surface area (Å²) in [6.07, 6.45) is 0.247. The molecule has 1 N–H and O–H groups in total. The van der Waals surface area contributed by atoms with Crippen molar-refractivity contribution in [1.29, 1.82) is 5.26 Å². The first-order chi connectivity index (χ1) is 13.2. The van der Waals surface area contributed by atoms with E-state index in [-0.39, 0.29) is 23.8 Å². The van der Waals surface area contributed by atoms with Gasteiger partial charge in [-0.25, -0.2) is 0 Å². The predicted octanol–water partition coefficient (Wildman–Crippen LogP) is 2.41. The van der Waals surface area contributed by atoms with Crippen LogP contribution in [0.2, 0.25) is 0 Å². The minimum Gasteiger partial charge on any atom is -0.508 e. The van der Waals surface area contributed by atoms with E-state index in [1.165, 1.54) is 28.6 Å². The zero-order valence-corrected chi connectivity index (χ0v) is 15.1. The highest BCUT2D eigenvalue weighted by Gasteiger charge is 2.18. The van der Waals surface area contributed by atoms with Crippen molar-refractivity contribution < 1.29 is 9.90 Å². The molecule has 0 unspecified atom stereocenters. The smallest absolute Gasteiger partial charge is 0.237 e. The van der Waals surface area contributed by atoms with Crippen molar-refractivity contribution in [3.05, 3.63) is 54.6 Å². The van der Waals surface area contributed by atoms with Crippen molar-refractivity contribution in [3.8, 4) is 17.5 Å². The topological polar surface area (TPSA) is 108 Å². The number of nitrogens with zero attached hydrogens (tertiary/aromatic N) is 6. The van der Waals surface area contributed by atoms with Gasteiger partial charge in [0, 0.05) is 12.2 Å². The van der Waals surface area contributed by atoms with E-state index in [0.717, 1.165) is 5.69 Å². The van der Waals surface area contributed by atoms with Crippen molar-refractivity contribution in [3.63, 3.8) is 0 Å². The second kappa shape index (κ2) is 8.82. The van der Waals surface area contributed by atoms with E-state index in [2.05, 4.69) is 21.6 Å². The van der Waals surface area contributed by atoms with Gasteiger partial charge in [-0.2, -0.15) is 9.94 Å². The SMILES string of the molecule is N#CCCN(C(=O)CSc1nnnn1-c1ccc(O)cc1)c1ccccc1. The first-order valence-electron chi connectivity index (χ1n) is 8.12. The van der Waals surface area contributed by atoms with Crippen LogP contribution in [0.4, 0.5) is 5.69 Å². The molecule has 0 bridgehead atoms. The van der Waals surface area contributed by atoms with Crippen molar-refractivity contribution in [2.45, 2.75) is 11.6 Å². The van der Waals surface area contributed by atoms with Gasteiger partial charge in [0.05, 0.1) is 23.9 Å². The predicted molar refractivity (Wildman–Crippen MR) is 101 cm³/mol. The number of amides is 1. The summed E-state index contributed by atoms with van der Waals surface area (Å²) >= 11 is 1.21. The summed E-state index contributed by atoms with van der Waals surface area (Å²) in [5.41, 5.74) is 1.42. The average molecular weight is 380 g/mol. The Morgan fingerprint density at radius 3 is 2.63 bits per heavy atom. The lowest BCUT2D eigenvalue weighted by atomic mass is 10.2. The van der Waals surface area contributed by atoms with Crippen LogP contribution in [0.1, 0.15) is 6.42 Å². The van der Waals surface area contributed by atoms with Gasteiger partial charge in [0.1, 0.15) is 5.75 Å². The van der Waals surface area contributed by atoms with E-state index < -0.39 is 0 Å². The Bertz CT molecular complexity index is 936. The molecule has 0 atom stereocenters. The number of thioether (sulfide) groups is 1. The Morgan fingerprint density at radius 1 is 1.19 bits per heavy atom. The number of carbonyl (C=O) groups excluding carboxylic acids is 1. The summed E-state index contributed by atoms with van der Waals surface area (Å²) in [7, 11) is 0. The molecular weight excluding hydrogens is 364 g/mol. The largest absolute Gasteiger partial charge is 0.508 e. The maximum Gasteiger partial charge on any atom is 0.237 e. The molecule has 0 saturated heterocycles. The number of carbonyl (C=O) groups is 1. The molecule has 0 saturated carbocycles. The average Bonchev–Trinajstić information content (AvgIpc) is 3.16. The molecule has 136 valence electrons. The quantitative estimate of drug-likeness (QED) is 0.627. The number of hydrogen-bond acceptors (Lipinski definition) is 7.